The van der Waals surface area contributed by atoms with Crippen molar-refractivity contribution in [3.63, 3.8) is 0 Å². The third-order valence-electron chi connectivity index (χ3n) is 6.27. The molecule has 2 amide bonds. The largest absolute Gasteiger partial charge is 0.300 e. The number of amides is 2. The molecule has 0 bridgehead atoms. The molecule has 0 unspecified atom stereocenters. The Morgan fingerprint density at radius 1 is 1.14 bits per heavy atom. The van der Waals surface area contributed by atoms with Crippen molar-refractivity contribution in [2.24, 2.45) is 0 Å². The summed E-state index contributed by atoms with van der Waals surface area (Å²) in [6.45, 7) is 8.86. The highest BCUT2D eigenvalue weighted by molar-refractivity contribution is 6.13. The molecule has 0 atom stereocenters. The van der Waals surface area contributed by atoms with Crippen LogP contribution in [0.15, 0.2) is 42.5 Å². The van der Waals surface area contributed by atoms with Crippen LogP contribution >= 0.6 is 0 Å². The summed E-state index contributed by atoms with van der Waals surface area (Å²) in [6, 6.07) is 13.0. The third-order valence-corrected chi connectivity index (χ3v) is 6.27. The number of nitrogens with zero attached hydrogens (tertiary/aromatic N) is 2. The number of hydrogen-bond donors (Lipinski definition) is 0. The van der Waals surface area contributed by atoms with Crippen LogP contribution in [0.5, 0.6) is 0 Å². The van der Waals surface area contributed by atoms with E-state index in [-0.39, 0.29) is 23.0 Å². The molecule has 0 saturated carbocycles. The first-order valence-electron chi connectivity index (χ1n) is 9.91. The second-order valence-corrected chi connectivity index (χ2v) is 8.40. The van der Waals surface area contributed by atoms with Gasteiger partial charge in [0.1, 0.15) is 5.78 Å². The first-order chi connectivity index (χ1) is 13.7. The molecule has 0 aromatic heterocycles. The van der Waals surface area contributed by atoms with Crippen molar-refractivity contribution >= 4 is 29.0 Å². The van der Waals surface area contributed by atoms with Crippen molar-refractivity contribution in [1.29, 1.82) is 0 Å². The van der Waals surface area contributed by atoms with E-state index >= 15 is 0 Å². The van der Waals surface area contributed by atoms with Crippen molar-refractivity contribution in [2.45, 2.75) is 46.1 Å². The molecule has 0 aliphatic carbocycles. The molecule has 2 aromatic carbocycles. The van der Waals surface area contributed by atoms with E-state index in [0.717, 1.165) is 22.5 Å². The van der Waals surface area contributed by atoms with E-state index in [1.54, 1.807) is 19.1 Å². The zero-order valence-electron chi connectivity index (χ0n) is 17.3. The number of carbonyl (C=O) groups excluding carboxylic acids is 3. The molecule has 2 heterocycles. The normalized spacial score (nSPS) is 16.8. The molecule has 0 N–H and O–H groups in total. The Hall–Kier alpha value is -3.08. The fourth-order valence-electron chi connectivity index (χ4n) is 4.25. The number of fused-ring (bicyclic) bond motifs is 2. The number of hydrogen-bond acceptors (Lipinski definition) is 3. The Bertz CT molecular complexity index is 1100. The van der Waals surface area contributed by atoms with E-state index in [0.29, 0.717) is 30.6 Å². The van der Waals surface area contributed by atoms with Crippen LogP contribution in [0, 0.1) is 0 Å². The zero-order valence-corrected chi connectivity index (χ0v) is 17.3. The summed E-state index contributed by atoms with van der Waals surface area (Å²) in [5, 5.41) is 0. The zero-order chi connectivity index (χ0) is 20.9. The molecular formula is C24H25N2O3+. The summed E-state index contributed by atoms with van der Waals surface area (Å²) in [5.74, 6) is -0.358. The van der Waals surface area contributed by atoms with Crippen LogP contribution in [0.2, 0.25) is 0 Å². The van der Waals surface area contributed by atoms with Crippen molar-refractivity contribution in [2.75, 3.05) is 6.54 Å². The number of imide groups is 1. The summed E-state index contributed by atoms with van der Waals surface area (Å²) in [6.07, 6.45) is 0.480. The Kier molecular flexibility index (Phi) is 4.49. The van der Waals surface area contributed by atoms with Crippen LogP contribution in [0.1, 0.15) is 66.0 Å². The molecule has 0 spiro atoms. The predicted molar refractivity (Wildman–Crippen MR) is 111 cm³/mol. The second-order valence-electron chi connectivity index (χ2n) is 8.40. The highest BCUT2D eigenvalue weighted by Gasteiger charge is 2.43. The summed E-state index contributed by atoms with van der Waals surface area (Å²) in [7, 11) is 0. The van der Waals surface area contributed by atoms with Gasteiger partial charge in [-0.25, -0.2) is 0 Å². The van der Waals surface area contributed by atoms with Crippen LogP contribution in [0.3, 0.4) is 0 Å². The van der Waals surface area contributed by atoms with Gasteiger partial charge in [-0.05, 0) is 44.5 Å². The molecule has 2 aliphatic rings. The lowest BCUT2D eigenvalue weighted by atomic mass is 9.81. The molecule has 2 aliphatic heterocycles. The average Bonchev–Trinajstić information content (AvgIpc) is 3.12. The number of benzene rings is 2. The summed E-state index contributed by atoms with van der Waals surface area (Å²) in [4.78, 5) is 38.6. The van der Waals surface area contributed by atoms with Gasteiger partial charge in [0.05, 0.1) is 18.4 Å². The van der Waals surface area contributed by atoms with Gasteiger partial charge in [-0.3, -0.25) is 19.3 Å². The fraction of sp³-hybridized carbons (Fsp3) is 0.333. The average molecular weight is 389 g/mol. The van der Waals surface area contributed by atoms with Crippen LogP contribution in [-0.4, -0.2) is 39.3 Å². The molecule has 0 saturated heterocycles. The fourth-order valence-corrected chi connectivity index (χ4v) is 4.25. The molecule has 148 valence electrons. The summed E-state index contributed by atoms with van der Waals surface area (Å²) in [5.41, 5.74) is 4.98. The lowest BCUT2D eigenvalue weighted by molar-refractivity contribution is -0.437. The molecule has 5 heteroatoms. The van der Waals surface area contributed by atoms with Crippen molar-refractivity contribution < 1.29 is 19.0 Å². The van der Waals surface area contributed by atoms with E-state index in [1.807, 2.05) is 30.3 Å². The first-order valence-corrected chi connectivity index (χ1v) is 9.91. The topological polar surface area (TPSA) is 57.5 Å². The minimum Gasteiger partial charge on any atom is -0.300 e. The number of ketones is 1. The van der Waals surface area contributed by atoms with Crippen molar-refractivity contribution in [3.8, 4) is 0 Å². The summed E-state index contributed by atoms with van der Waals surface area (Å²) >= 11 is 0. The quantitative estimate of drug-likeness (QED) is 0.589. The molecular weight excluding hydrogens is 364 g/mol. The maximum Gasteiger partial charge on any atom is 0.261 e. The van der Waals surface area contributed by atoms with Crippen LogP contribution < -0.4 is 0 Å². The van der Waals surface area contributed by atoms with Crippen LogP contribution in [0.25, 0.3) is 0 Å². The van der Waals surface area contributed by atoms with E-state index in [9.17, 15) is 14.4 Å². The van der Waals surface area contributed by atoms with Gasteiger partial charge in [0, 0.05) is 29.7 Å². The maximum atomic E-state index is 13.2. The summed E-state index contributed by atoms with van der Waals surface area (Å²) < 4.78 is 2.17. The Labute approximate surface area is 170 Å². The number of Topliss-reactive ketones (excluding diaryl/α,β-unsaturated/α-hetero) is 1. The lowest BCUT2D eigenvalue weighted by Gasteiger charge is -2.17. The van der Waals surface area contributed by atoms with Crippen molar-refractivity contribution in [3.05, 3.63) is 64.7 Å². The monoisotopic (exact) mass is 389 g/mol. The molecule has 29 heavy (non-hydrogen) atoms. The van der Waals surface area contributed by atoms with Gasteiger partial charge in [0.25, 0.3) is 11.8 Å². The minimum absolute atomic E-state index is 0.156. The van der Waals surface area contributed by atoms with Crippen LogP contribution in [0.4, 0.5) is 5.69 Å². The van der Waals surface area contributed by atoms with Gasteiger partial charge in [0.2, 0.25) is 5.69 Å². The molecule has 0 radical (unpaired) electrons. The standard InChI is InChI=1S/C24H25N2O3/c1-15(27)11-12-25-16(2)24(3,4)20-13-17(9-10-21(20)25)22(28)26-14-18-7-5-6-8-19(18)23(26)29/h5-10,13H,11-12,14H2,1-4H3/q+1. The van der Waals surface area contributed by atoms with Gasteiger partial charge in [-0.2, -0.15) is 4.58 Å². The second kappa shape index (κ2) is 6.76. The van der Waals surface area contributed by atoms with Crippen LogP contribution in [-0.2, 0) is 16.8 Å². The Morgan fingerprint density at radius 3 is 2.55 bits per heavy atom. The molecule has 2 aromatic rings. The van der Waals surface area contributed by atoms with E-state index in [2.05, 4.69) is 25.3 Å². The SMILES string of the molecule is CC(=O)CC[N+]1=C(C)C(C)(C)c2cc(C(=O)N3Cc4ccccc4C3=O)ccc21. The third kappa shape index (κ3) is 3.01. The number of carbonyl (C=O) groups is 3. The molecule has 4 rings (SSSR count). The Morgan fingerprint density at radius 2 is 1.86 bits per heavy atom. The lowest BCUT2D eigenvalue weighted by Crippen LogP contribution is -2.31. The van der Waals surface area contributed by atoms with Gasteiger partial charge in [-0.15, -0.1) is 0 Å². The highest BCUT2D eigenvalue weighted by Crippen LogP contribution is 2.40. The first kappa shape index (κ1) is 19.2. The molecule has 5 nitrogen and oxygen atoms in total. The van der Waals surface area contributed by atoms with Gasteiger partial charge in [0.15, 0.2) is 12.3 Å². The van der Waals surface area contributed by atoms with Crippen molar-refractivity contribution in [1.82, 2.24) is 4.90 Å². The highest BCUT2D eigenvalue weighted by atomic mass is 16.2. The van der Waals surface area contributed by atoms with Gasteiger partial charge < -0.3 is 0 Å². The maximum absolute atomic E-state index is 13.2. The van der Waals surface area contributed by atoms with Gasteiger partial charge in [-0.1, -0.05) is 18.2 Å². The molecule has 0 fully saturated rings. The van der Waals surface area contributed by atoms with E-state index in [1.165, 1.54) is 4.90 Å². The predicted octanol–water partition coefficient (Wildman–Crippen LogP) is 3.86. The smallest absolute Gasteiger partial charge is 0.261 e. The van der Waals surface area contributed by atoms with E-state index < -0.39 is 0 Å². The minimum atomic E-state index is -0.273. The Balaban J connectivity index is 1.66. The van der Waals surface area contributed by atoms with E-state index in [4.69, 9.17) is 0 Å². The number of rotatable bonds is 4. The van der Waals surface area contributed by atoms with Gasteiger partial charge >= 0.3 is 0 Å².